The molecule has 1 fully saturated rings. The minimum atomic E-state index is -4.54. The molecule has 31 heavy (non-hydrogen) atoms. The van der Waals surface area contributed by atoms with Crippen molar-refractivity contribution in [3.63, 3.8) is 0 Å². The first-order chi connectivity index (χ1) is 14.7. The van der Waals surface area contributed by atoms with E-state index >= 15 is 0 Å². The van der Waals surface area contributed by atoms with Crippen molar-refractivity contribution in [3.05, 3.63) is 23.8 Å². The summed E-state index contributed by atoms with van der Waals surface area (Å²) in [6.45, 7) is 1.19. The monoisotopic (exact) mass is 439 g/mol. The second-order valence-electron chi connectivity index (χ2n) is 7.75. The van der Waals surface area contributed by atoms with Crippen LogP contribution in [0.1, 0.15) is 24.8 Å². The molecular formula is C20H24F3N5O3. The summed E-state index contributed by atoms with van der Waals surface area (Å²) >= 11 is 0. The topological polar surface area (TPSA) is 102 Å². The molecule has 0 aromatic heterocycles. The van der Waals surface area contributed by atoms with Gasteiger partial charge in [-0.1, -0.05) is 0 Å². The number of methoxy groups -OCH3 is 1. The van der Waals surface area contributed by atoms with E-state index in [1.165, 1.54) is 13.2 Å². The van der Waals surface area contributed by atoms with Crippen molar-refractivity contribution in [3.8, 4) is 5.75 Å². The second-order valence-corrected chi connectivity index (χ2v) is 7.75. The van der Waals surface area contributed by atoms with Gasteiger partial charge in [-0.15, -0.1) is 0 Å². The van der Waals surface area contributed by atoms with E-state index in [1.807, 2.05) is 4.90 Å². The Bertz CT molecular complexity index is 910. The van der Waals surface area contributed by atoms with Crippen LogP contribution in [0.2, 0.25) is 0 Å². The fourth-order valence-corrected chi connectivity index (χ4v) is 3.94. The molecule has 0 saturated carbocycles. The highest BCUT2D eigenvalue weighted by Crippen LogP contribution is 2.35. The van der Waals surface area contributed by atoms with Crippen molar-refractivity contribution in [2.75, 3.05) is 25.5 Å². The zero-order valence-electron chi connectivity index (χ0n) is 16.9. The molecule has 1 aromatic carbocycles. The van der Waals surface area contributed by atoms with Gasteiger partial charge in [0, 0.05) is 43.2 Å². The Morgan fingerprint density at radius 2 is 1.87 bits per heavy atom. The number of nitrogens with one attached hydrogen (secondary N) is 1. The van der Waals surface area contributed by atoms with Crippen LogP contribution >= 0.6 is 0 Å². The molecule has 0 bridgehead atoms. The molecular weight excluding hydrogens is 415 g/mol. The molecule has 4 rings (SSSR count). The molecule has 1 saturated heterocycles. The summed E-state index contributed by atoms with van der Waals surface area (Å²) in [6.07, 6.45) is -3.42. The van der Waals surface area contributed by atoms with Gasteiger partial charge in [-0.25, -0.2) is 4.99 Å². The maximum atomic E-state index is 13.3. The Hall–Kier alpha value is -2.50. The molecule has 3 aliphatic heterocycles. The summed E-state index contributed by atoms with van der Waals surface area (Å²) in [5, 5.41) is 23.1. The Morgan fingerprint density at radius 1 is 1.13 bits per heavy atom. The maximum Gasteiger partial charge on any atom is 0.416 e. The smallest absolute Gasteiger partial charge is 0.416 e. The van der Waals surface area contributed by atoms with Crippen LogP contribution in [-0.4, -0.2) is 71.7 Å². The number of halogens is 3. The van der Waals surface area contributed by atoms with Crippen molar-refractivity contribution in [1.29, 1.82) is 0 Å². The minimum absolute atomic E-state index is 0.0476. The molecule has 0 radical (unpaired) electrons. The summed E-state index contributed by atoms with van der Waals surface area (Å²) in [6, 6.07) is 3.33. The number of nitrogens with zero attached hydrogens (tertiary/aromatic N) is 4. The van der Waals surface area contributed by atoms with Gasteiger partial charge in [-0.05, 0) is 25.0 Å². The van der Waals surface area contributed by atoms with Crippen LogP contribution in [0.3, 0.4) is 0 Å². The SMILES string of the molecule is COc1cc(NC2=NC(N3CCC(O)CC3)N=C3CC=NC(O)C32)cc(C(F)(F)F)c1. The molecule has 11 heteroatoms. The van der Waals surface area contributed by atoms with E-state index < -0.39 is 30.2 Å². The van der Waals surface area contributed by atoms with Crippen molar-refractivity contribution >= 4 is 23.4 Å². The number of anilines is 1. The van der Waals surface area contributed by atoms with Crippen molar-refractivity contribution in [1.82, 2.24) is 4.90 Å². The Morgan fingerprint density at radius 3 is 2.55 bits per heavy atom. The third kappa shape index (κ3) is 4.73. The first-order valence-corrected chi connectivity index (χ1v) is 10.0. The van der Waals surface area contributed by atoms with E-state index in [0.717, 1.165) is 12.1 Å². The van der Waals surface area contributed by atoms with E-state index in [9.17, 15) is 23.4 Å². The number of benzene rings is 1. The van der Waals surface area contributed by atoms with Crippen molar-refractivity contribution < 1.29 is 28.1 Å². The molecule has 0 spiro atoms. The van der Waals surface area contributed by atoms with Gasteiger partial charge in [0.1, 0.15) is 17.5 Å². The molecule has 8 nitrogen and oxygen atoms in total. The van der Waals surface area contributed by atoms with Gasteiger partial charge in [0.05, 0.1) is 18.8 Å². The van der Waals surface area contributed by atoms with Crippen LogP contribution in [0.15, 0.2) is 33.2 Å². The number of aliphatic hydroxyl groups excluding tert-OH is 2. The van der Waals surface area contributed by atoms with Crippen LogP contribution in [-0.2, 0) is 6.18 Å². The number of likely N-dealkylation sites (tertiary alicyclic amines) is 1. The summed E-state index contributed by atoms with van der Waals surface area (Å²) in [7, 11) is 1.29. The number of ether oxygens (including phenoxy) is 1. The van der Waals surface area contributed by atoms with Crippen LogP contribution in [0.4, 0.5) is 18.9 Å². The summed E-state index contributed by atoms with van der Waals surface area (Å²) in [4.78, 5) is 15.3. The largest absolute Gasteiger partial charge is 0.497 e. The number of rotatable bonds is 3. The van der Waals surface area contributed by atoms with Gasteiger partial charge in [-0.3, -0.25) is 14.9 Å². The zero-order chi connectivity index (χ0) is 22.2. The number of fused-ring (bicyclic) bond motifs is 1. The lowest BCUT2D eigenvalue weighted by Crippen LogP contribution is -2.49. The van der Waals surface area contributed by atoms with Crippen LogP contribution < -0.4 is 10.1 Å². The lowest BCUT2D eigenvalue weighted by Gasteiger charge is -2.37. The van der Waals surface area contributed by atoms with Gasteiger partial charge in [0.25, 0.3) is 0 Å². The number of aliphatic hydroxyl groups is 2. The Balaban J connectivity index is 1.67. The van der Waals surface area contributed by atoms with Crippen LogP contribution in [0.25, 0.3) is 0 Å². The number of hydrogen-bond donors (Lipinski definition) is 3. The third-order valence-corrected chi connectivity index (χ3v) is 5.61. The van der Waals surface area contributed by atoms with E-state index in [2.05, 4.69) is 20.3 Å². The fraction of sp³-hybridized carbons (Fsp3) is 0.550. The molecule has 3 unspecified atom stereocenters. The molecule has 3 N–H and O–H groups in total. The van der Waals surface area contributed by atoms with Gasteiger partial charge < -0.3 is 20.3 Å². The highest BCUT2D eigenvalue weighted by atomic mass is 19.4. The van der Waals surface area contributed by atoms with E-state index in [1.54, 1.807) is 6.21 Å². The highest BCUT2D eigenvalue weighted by Gasteiger charge is 2.38. The van der Waals surface area contributed by atoms with Gasteiger partial charge in [0.15, 0.2) is 12.5 Å². The number of amidine groups is 1. The second kappa shape index (κ2) is 8.56. The average molecular weight is 439 g/mol. The molecule has 3 aliphatic rings. The Labute approximate surface area is 177 Å². The summed E-state index contributed by atoms with van der Waals surface area (Å²) in [5.41, 5.74) is -0.0558. The number of alkyl halides is 3. The lowest BCUT2D eigenvalue weighted by molar-refractivity contribution is -0.137. The van der Waals surface area contributed by atoms with Crippen LogP contribution in [0.5, 0.6) is 5.75 Å². The fourth-order valence-electron chi connectivity index (χ4n) is 3.94. The quantitative estimate of drug-likeness (QED) is 0.670. The first kappa shape index (κ1) is 21.7. The predicted molar refractivity (Wildman–Crippen MR) is 110 cm³/mol. The highest BCUT2D eigenvalue weighted by molar-refractivity contribution is 6.17. The molecule has 0 amide bonds. The average Bonchev–Trinajstić information content (AvgIpc) is 2.73. The van der Waals surface area contributed by atoms with E-state index in [0.29, 0.717) is 43.9 Å². The van der Waals surface area contributed by atoms with Gasteiger partial charge >= 0.3 is 6.18 Å². The number of piperidine rings is 1. The molecule has 3 heterocycles. The van der Waals surface area contributed by atoms with Gasteiger partial charge in [-0.2, -0.15) is 13.2 Å². The van der Waals surface area contributed by atoms with Gasteiger partial charge in [0.2, 0.25) is 0 Å². The van der Waals surface area contributed by atoms with Crippen LogP contribution in [0, 0.1) is 5.92 Å². The van der Waals surface area contributed by atoms with Crippen molar-refractivity contribution in [2.45, 2.75) is 44.1 Å². The maximum absolute atomic E-state index is 13.3. The molecule has 3 atom stereocenters. The normalized spacial score (nSPS) is 27.4. The zero-order valence-corrected chi connectivity index (χ0v) is 16.9. The Kier molecular flexibility index (Phi) is 6.00. The van der Waals surface area contributed by atoms with E-state index in [4.69, 9.17) is 4.74 Å². The standard InChI is InChI=1S/C20H24F3N5O3/c1-31-14-9-11(20(21,22)23)8-12(10-14)25-17-16-15(2-5-24-18(16)30)26-19(27-17)28-6-3-13(29)4-7-28/h5,8-10,13,16,18-19,29-30H,2-4,6-7H2,1H3,(H,25,27). The van der Waals surface area contributed by atoms with E-state index in [-0.39, 0.29) is 17.5 Å². The van der Waals surface area contributed by atoms with Crippen molar-refractivity contribution in [2.24, 2.45) is 20.9 Å². The lowest BCUT2D eigenvalue weighted by atomic mass is 9.93. The summed E-state index contributed by atoms with van der Waals surface area (Å²) in [5.74, 6) is -0.324. The molecule has 0 aliphatic carbocycles. The minimum Gasteiger partial charge on any atom is -0.497 e. The predicted octanol–water partition coefficient (Wildman–Crippen LogP) is 2.13. The third-order valence-electron chi connectivity index (χ3n) is 5.61. The summed E-state index contributed by atoms with van der Waals surface area (Å²) < 4.78 is 45.0. The molecule has 168 valence electrons. The number of aliphatic imine (C=N–C) groups is 3. The first-order valence-electron chi connectivity index (χ1n) is 10.0. The number of hydrogen-bond acceptors (Lipinski definition) is 8. The molecule has 1 aromatic rings.